The Balaban J connectivity index is 2.32. The standard InChI is InChI=1S/C14H17N3O2/c1-3-9-17-10-12(11-7-5-4-6-8-11)15-13(17)16-14(18)19-2/h4-8,10H,3,9H2,1-2H3,(H,15,16,18). The van der Waals surface area contributed by atoms with E-state index in [1.807, 2.05) is 41.1 Å². The number of imidazole rings is 1. The minimum absolute atomic E-state index is 0.507. The van der Waals surface area contributed by atoms with Crippen molar-refractivity contribution in [3.05, 3.63) is 36.5 Å². The Bertz CT molecular complexity index is 549. The van der Waals surface area contributed by atoms with E-state index in [0.29, 0.717) is 5.95 Å². The van der Waals surface area contributed by atoms with Gasteiger partial charge in [-0.1, -0.05) is 37.3 Å². The fraction of sp³-hybridized carbons (Fsp3) is 0.286. The van der Waals surface area contributed by atoms with Crippen molar-refractivity contribution in [3.8, 4) is 11.3 Å². The summed E-state index contributed by atoms with van der Waals surface area (Å²) in [6.45, 7) is 2.86. The lowest BCUT2D eigenvalue weighted by molar-refractivity contribution is 0.186. The molecule has 0 aliphatic heterocycles. The van der Waals surface area contributed by atoms with E-state index in [9.17, 15) is 4.79 Å². The van der Waals surface area contributed by atoms with Crippen LogP contribution >= 0.6 is 0 Å². The number of methoxy groups -OCH3 is 1. The summed E-state index contributed by atoms with van der Waals surface area (Å²) >= 11 is 0. The number of anilines is 1. The second-order valence-electron chi connectivity index (χ2n) is 4.13. The molecule has 0 aliphatic rings. The topological polar surface area (TPSA) is 56.2 Å². The highest BCUT2D eigenvalue weighted by Crippen LogP contribution is 2.21. The largest absolute Gasteiger partial charge is 0.453 e. The summed E-state index contributed by atoms with van der Waals surface area (Å²) in [5, 5.41) is 2.63. The van der Waals surface area contributed by atoms with Gasteiger partial charge in [0.15, 0.2) is 0 Å². The minimum Gasteiger partial charge on any atom is -0.453 e. The number of carbonyl (C=O) groups excluding carboxylic acids is 1. The molecule has 1 N–H and O–H groups in total. The van der Waals surface area contributed by atoms with Crippen LogP contribution in [0.4, 0.5) is 10.7 Å². The zero-order chi connectivity index (χ0) is 13.7. The first-order valence-electron chi connectivity index (χ1n) is 6.22. The molecule has 2 aromatic rings. The summed E-state index contributed by atoms with van der Waals surface area (Å²) in [5.74, 6) is 0.507. The Labute approximate surface area is 112 Å². The van der Waals surface area contributed by atoms with Gasteiger partial charge in [0, 0.05) is 18.3 Å². The van der Waals surface area contributed by atoms with Gasteiger partial charge in [0.2, 0.25) is 5.95 Å². The molecule has 0 aliphatic carbocycles. The van der Waals surface area contributed by atoms with Gasteiger partial charge in [0.05, 0.1) is 12.8 Å². The fourth-order valence-corrected chi connectivity index (χ4v) is 1.82. The van der Waals surface area contributed by atoms with Crippen LogP contribution in [-0.2, 0) is 11.3 Å². The summed E-state index contributed by atoms with van der Waals surface area (Å²) in [6.07, 6.45) is 2.38. The maximum absolute atomic E-state index is 11.3. The van der Waals surface area contributed by atoms with Crippen LogP contribution in [0.15, 0.2) is 36.5 Å². The molecule has 0 saturated carbocycles. The molecular formula is C14H17N3O2. The first-order valence-corrected chi connectivity index (χ1v) is 6.22. The number of amides is 1. The van der Waals surface area contributed by atoms with Gasteiger partial charge in [-0.15, -0.1) is 0 Å². The molecule has 0 atom stereocenters. The van der Waals surface area contributed by atoms with Crippen molar-refractivity contribution in [1.29, 1.82) is 0 Å². The molecule has 2 rings (SSSR count). The second-order valence-corrected chi connectivity index (χ2v) is 4.13. The van der Waals surface area contributed by atoms with Crippen molar-refractivity contribution in [2.24, 2.45) is 0 Å². The maximum atomic E-state index is 11.3. The number of hydrogen-bond donors (Lipinski definition) is 1. The van der Waals surface area contributed by atoms with Crippen LogP contribution in [-0.4, -0.2) is 22.8 Å². The molecular weight excluding hydrogens is 242 g/mol. The third-order valence-electron chi connectivity index (χ3n) is 2.71. The lowest BCUT2D eigenvalue weighted by atomic mass is 10.2. The van der Waals surface area contributed by atoms with Crippen LogP contribution in [0.2, 0.25) is 0 Å². The number of rotatable bonds is 4. The number of aryl methyl sites for hydroxylation is 1. The quantitative estimate of drug-likeness (QED) is 0.917. The van der Waals surface area contributed by atoms with Crippen molar-refractivity contribution in [1.82, 2.24) is 9.55 Å². The third kappa shape index (κ3) is 3.13. The van der Waals surface area contributed by atoms with E-state index in [1.165, 1.54) is 7.11 Å². The van der Waals surface area contributed by atoms with E-state index >= 15 is 0 Å². The summed E-state index contributed by atoms with van der Waals surface area (Å²) in [4.78, 5) is 15.7. The van der Waals surface area contributed by atoms with Crippen LogP contribution < -0.4 is 5.32 Å². The third-order valence-corrected chi connectivity index (χ3v) is 2.71. The Morgan fingerprint density at radius 3 is 2.74 bits per heavy atom. The molecule has 0 spiro atoms. The first kappa shape index (κ1) is 13.1. The van der Waals surface area contributed by atoms with E-state index in [4.69, 9.17) is 0 Å². The Morgan fingerprint density at radius 2 is 2.11 bits per heavy atom. The molecule has 0 saturated heterocycles. The smallest absolute Gasteiger partial charge is 0.413 e. The average molecular weight is 259 g/mol. The van der Waals surface area contributed by atoms with Gasteiger partial charge in [-0.05, 0) is 6.42 Å². The Morgan fingerprint density at radius 1 is 1.37 bits per heavy atom. The van der Waals surface area contributed by atoms with Crippen LogP contribution in [0.1, 0.15) is 13.3 Å². The minimum atomic E-state index is -0.512. The van der Waals surface area contributed by atoms with Crippen molar-refractivity contribution in [2.75, 3.05) is 12.4 Å². The summed E-state index contributed by atoms with van der Waals surface area (Å²) in [5.41, 5.74) is 1.85. The Kier molecular flexibility index (Phi) is 4.18. The van der Waals surface area contributed by atoms with Gasteiger partial charge < -0.3 is 9.30 Å². The van der Waals surface area contributed by atoms with E-state index in [1.54, 1.807) is 0 Å². The van der Waals surface area contributed by atoms with Crippen LogP contribution in [0.25, 0.3) is 11.3 Å². The van der Waals surface area contributed by atoms with Crippen molar-refractivity contribution < 1.29 is 9.53 Å². The number of aromatic nitrogens is 2. The van der Waals surface area contributed by atoms with E-state index in [-0.39, 0.29) is 0 Å². The number of hydrogen-bond acceptors (Lipinski definition) is 3. The predicted molar refractivity (Wildman–Crippen MR) is 74.0 cm³/mol. The van der Waals surface area contributed by atoms with Gasteiger partial charge in [0.1, 0.15) is 0 Å². The zero-order valence-corrected chi connectivity index (χ0v) is 11.1. The lowest BCUT2D eigenvalue weighted by Gasteiger charge is -2.05. The molecule has 0 bridgehead atoms. The molecule has 1 aromatic heterocycles. The second kappa shape index (κ2) is 6.04. The predicted octanol–water partition coefficient (Wildman–Crippen LogP) is 3.14. The summed E-state index contributed by atoms with van der Waals surface area (Å²) in [6, 6.07) is 9.85. The fourth-order valence-electron chi connectivity index (χ4n) is 1.82. The number of nitrogens with zero attached hydrogens (tertiary/aromatic N) is 2. The normalized spacial score (nSPS) is 10.2. The highest BCUT2D eigenvalue weighted by atomic mass is 16.5. The number of benzene rings is 1. The van der Waals surface area contributed by atoms with Crippen LogP contribution in [0, 0.1) is 0 Å². The van der Waals surface area contributed by atoms with Crippen LogP contribution in [0.5, 0.6) is 0 Å². The molecule has 0 unspecified atom stereocenters. The Hall–Kier alpha value is -2.30. The van der Waals surface area contributed by atoms with Crippen LogP contribution in [0.3, 0.4) is 0 Å². The molecule has 1 amide bonds. The van der Waals surface area contributed by atoms with E-state index in [2.05, 4.69) is 22.0 Å². The van der Waals surface area contributed by atoms with Gasteiger partial charge in [-0.25, -0.2) is 9.78 Å². The molecule has 0 fully saturated rings. The van der Waals surface area contributed by atoms with E-state index < -0.39 is 6.09 Å². The maximum Gasteiger partial charge on any atom is 0.413 e. The molecule has 5 nitrogen and oxygen atoms in total. The molecule has 100 valence electrons. The highest BCUT2D eigenvalue weighted by Gasteiger charge is 2.11. The SMILES string of the molecule is CCCn1cc(-c2ccccc2)nc1NC(=O)OC. The van der Waals surface area contributed by atoms with Crippen molar-refractivity contribution in [3.63, 3.8) is 0 Å². The average Bonchev–Trinajstić information content (AvgIpc) is 2.83. The van der Waals surface area contributed by atoms with Gasteiger partial charge in [-0.2, -0.15) is 0 Å². The van der Waals surface area contributed by atoms with E-state index in [0.717, 1.165) is 24.2 Å². The molecule has 5 heteroatoms. The van der Waals surface area contributed by atoms with Crippen molar-refractivity contribution >= 4 is 12.0 Å². The molecule has 19 heavy (non-hydrogen) atoms. The molecule has 1 heterocycles. The first-order chi connectivity index (χ1) is 9.24. The number of ether oxygens (including phenoxy) is 1. The number of nitrogens with one attached hydrogen (secondary N) is 1. The van der Waals surface area contributed by atoms with Gasteiger partial charge in [-0.3, -0.25) is 5.32 Å². The van der Waals surface area contributed by atoms with Gasteiger partial charge in [0.25, 0.3) is 0 Å². The molecule has 0 radical (unpaired) electrons. The monoisotopic (exact) mass is 259 g/mol. The highest BCUT2D eigenvalue weighted by molar-refractivity contribution is 5.82. The van der Waals surface area contributed by atoms with Gasteiger partial charge >= 0.3 is 6.09 Å². The number of carbonyl (C=O) groups is 1. The summed E-state index contributed by atoms with van der Waals surface area (Å²) < 4.78 is 6.51. The zero-order valence-electron chi connectivity index (χ0n) is 11.1. The van der Waals surface area contributed by atoms with Crippen molar-refractivity contribution in [2.45, 2.75) is 19.9 Å². The molecule has 1 aromatic carbocycles. The summed E-state index contributed by atoms with van der Waals surface area (Å²) in [7, 11) is 1.33. The lowest BCUT2D eigenvalue weighted by Crippen LogP contribution is -2.15.